The highest BCUT2D eigenvalue weighted by Crippen LogP contribution is 2.19. The molecule has 0 atom stereocenters. The molecule has 0 aromatic heterocycles. The predicted molar refractivity (Wildman–Crippen MR) is 44.8 cm³/mol. The second-order valence-corrected chi connectivity index (χ2v) is 2.57. The van der Waals surface area contributed by atoms with Crippen molar-refractivity contribution in [1.29, 1.82) is 0 Å². The van der Waals surface area contributed by atoms with Gasteiger partial charge in [-0.15, -0.1) is 0 Å². The van der Waals surface area contributed by atoms with Crippen molar-refractivity contribution in [3.05, 3.63) is 28.8 Å². The summed E-state index contributed by atoms with van der Waals surface area (Å²) in [4.78, 5) is 4.42. The Morgan fingerprint density at radius 2 is 2.18 bits per heavy atom. The van der Waals surface area contributed by atoms with E-state index < -0.39 is 0 Å². The molecule has 0 saturated heterocycles. The fourth-order valence-electron chi connectivity index (χ4n) is 0.770. The van der Waals surface area contributed by atoms with Gasteiger partial charge in [-0.25, -0.2) is 5.90 Å². The molecule has 0 heterocycles. The Balaban J connectivity index is 2.90. The summed E-state index contributed by atoms with van der Waals surface area (Å²) < 4.78 is 0. The van der Waals surface area contributed by atoms with E-state index in [2.05, 4.69) is 4.84 Å². The fourth-order valence-corrected chi connectivity index (χ4v) is 1.01. The third kappa shape index (κ3) is 2.08. The van der Waals surface area contributed by atoms with Crippen LogP contribution in [0, 0.1) is 0 Å². The van der Waals surface area contributed by atoms with E-state index in [0.29, 0.717) is 17.3 Å². The summed E-state index contributed by atoms with van der Waals surface area (Å²) in [6.07, 6.45) is 0. The lowest BCUT2D eigenvalue weighted by atomic mass is 10.2. The summed E-state index contributed by atoms with van der Waals surface area (Å²) in [6, 6.07) is 5.20. The summed E-state index contributed by atoms with van der Waals surface area (Å²) in [5, 5.41) is 0.579. The molecular formula is C7H9ClN2O. The number of anilines is 1. The van der Waals surface area contributed by atoms with Gasteiger partial charge in [0.1, 0.15) is 0 Å². The molecule has 4 heteroatoms. The molecule has 0 aliphatic carbocycles. The molecule has 11 heavy (non-hydrogen) atoms. The zero-order chi connectivity index (χ0) is 8.27. The standard InChI is InChI=1S/C7H9ClN2O/c8-7-3-6(9)2-1-5(7)4-11-10/h1-3H,4,9-10H2. The lowest BCUT2D eigenvalue weighted by molar-refractivity contribution is 0.124. The molecule has 0 amide bonds. The van der Waals surface area contributed by atoms with E-state index in [-0.39, 0.29) is 0 Å². The summed E-state index contributed by atoms with van der Waals surface area (Å²) in [5.74, 6) is 4.88. The minimum atomic E-state index is 0.305. The van der Waals surface area contributed by atoms with Gasteiger partial charge >= 0.3 is 0 Å². The van der Waals surface area contributed by atoms with E-state index in [1.165, 1.54) is 0 Å². The maximum absolute atomic E-state index is 5.79. The molecule has 0 spiro atoms. The van der Waals surface area contributed by atoms with Crippen molar-refractivity contribution in [2.75, 3.05) is 5.73 Å². The van der Waals surface area contributed by atoms with Gasteiger partial charge in [0, 0.05) is 10.7 Å². The highest BCUT2D eigenvalue weighted by molar-refractivity contribution is 6.31. The van der Waals surface area contributed by atoms with Crippen LogP contribution in [0.3, 0.4) is 0 Å². The molecule has 3 nitrogen and oxygen atoms in total. The molecule has 60 valence electrons. The van der Waals surface area contributed by atoms with Crippen molar-refractivity contribution >= 4 is 17.3 Å². The first kappa shape index (κ1) is 8.33. The van der Waals surface area contributed by atoms with E-state index in [9.17, 15) is 0 Å². The second-order valence-electron chi connectivity index (χ2n) is 2.16. The highest BCUT2D eigenvalue weighted by Gasteiger charge is 1.98. The van der Waals surface area contributed by atoms with E-state index in [1.54, 1.807) is 18.2 Å². The fraction of sp³-hybridized carbons (Fsp3) is 0.143. The van der Waals surface area contributed by atoms with Crippen molar-refractivity contribution in [3.63, 3.8) is 0 Å². The minimum Gasteiger partial charge on any atom is -0.399 e. The molecule has 1 rings (SSSR count). The Morgan fingerprint density at radius 3 is 2.73 bits per heavy atom. The zero-order valence-electron chi connectivity index (χ0n) is 5.88. The Kier molecular flexibility index (Phi) is 2.70. The first-order valence-corrected chi connectivity index (χ1v) is 3.47. The quantitative estimate of drug-likeness (QED) is 0.523. The monoisotopic (exact) mass is 172 g/mol. The maximum atomic E-state index is 5.79. The van der Waals surface area contributed by atoms with Gasteiger partial charge in [0.25, 0.3) is 0 Å². The molecule has 0 fully saturated rings. The summed E-state index contributed by atoms with van der Waals surface area (Å²) in [7, 11) is 0. The van der Waals surface area contributed by atoms with Crippen LogP contribution in [-0.4, -0.2) is 0 Å². The van der Waals surface area contributed by atoms with E-state index in [0.717, 1.165) is 5.56 Å². The van der Waals surface area contributed by atoms with E-state index >= 15 is 0 Å². The van der Waals surface area contributed by atoms with Gasteiger partial charge in [-0.3, -0.25) is 4.84 Å². The third-order valence-corrected chi connectivity index (χ3v) is 1.67. The van der Waals surface area contributed by atoms with Crippen molar-refractivity contribution in [2.45, 2.75) is 6.61 Å². The Morgan fingerprint density at radius 1 is 1.45 bits per heavy atom. The van der Waals surface area contributed by atoms with Gasteiger partial charge < -0.3 is 5.73 Å². The summed E-state index contributed by atoms with van der Waals surface area (Å²) in [5.41, 5.74) is 6.94. The molecule has 0 bridgehead atoms. The smallest absolute Gasteiger partial charge is 0.0944 e. The number of benzene rings is 1. The number of nitrogen functional groups attached to an aromatic ring is 1. The molecule has 0 unspecified atom stereocenters. The van der Waals surface area contributed by atoms with Crippen LogP contribution >= 0.6 is 11.6 Å². The van der Waals surface area contributed by atoms with Crippen LogP contribution in [0.5, 0.6) is 0 Å². The van der Waals surface area contributed by atoms with Crippen molar-refractivity contribution in [3.8, 4) is 0 Å². The number of hydrogen-bond donors (Lipinski definition) is 2. The van der Waals surface area contributed by atoms with Gasteiger partial charge in [-0.2, -0.15) is 0 Å². The highest BCUT2D eigenvalue weighted by atomic mass is 35.5. The zero-order valence-corrected chi connectivity index (χ0v) is 6.64. The topological polar surface area (TPSA) is 61.3 Å². The molecular weight excluding hydrogens is 164 g/mol. The number of nitrogens with two attached hydrogens (primary N) is 2. The van der Waals surface area contributed by atoms with Crippen LogP contribution in [0.15, 0.2) is 18.2 Å². The van der Waals surface area contributed by atoms with Crippen LogP contribution in [0.25, 0.3) is 0 Å². The van der Waals surface area contributed by atoms with Crippen LogP contribution in [0.1, 0.15) is 5.56 Å². The van der Waals surface area contributed by atoms with Gasteiger partial charge in [-0.1, -0.05) is 17.7 Å². The molecule has 0 saturated carbocycles. The summed E-state index contributed by atoms with van der Waals surface area (Å²) in [6.45, 7) is 0.305. The van der Waals surface area contributed by atoms with Crippen molar-refractivity contribution in [1.82, 2.24) is 0 Å². The number of halogens is 1. The second kappa shape index (κ2) is 3.57. The van der Waals surface area contributed by atoms with Gasteiger partial charge in [-0.05, 0) is 17.7 Å². The van der Waals surface area contributed by atoms with Gasteiger partial charge in [0.2, 0.25) is 0 Å². The molecule has 4 N–H and O–H groups in total. The Bertz CT molecular complexity index is 252. The molecule has 0 aliphatic heterocycles. The van der Waals surface area contributed by atoms with Gasteiger partial charge in [0.15, 0.2) is 0 Å². The molecule has 0 aliphatic rings. The minimum absolute atomic E-state index is 0.305. The average molecular weight is 173 g/mol. The van der Waals surface area contributed by atoms with Crippen LogP contribution in [-0.2, 0) is 11.4 Å². The Hall–Kier alpha value is -0.770. The van der Waals surface area contributed by atoms with Crippen molar-refractivity contribution in [2.24, 2.45) is 5.90 Å². The van der Waals surface area contributed by atoms with Crippen molar-refractivity contribution < 1.29 is 4.84 Å². The molecule has 1 aromatic rings. The van der Waals surface area contributed by atoms with E-state index in [4.69, 9.17) is 23.2 Å². The van der Waals surface area contributed by atoms with Crippen LogP contribution < -0.4 is 11.6 Å². The van der Waals surface area contributed by atoms with Crippen LogP contribution in [0.4, 0.5) is 5.69 Å². The average Bonchev–Trinajstić information content (AvgIpc) is 1.95. The molecule has 0 radical (unpaired) electrons. The first-order valence-electron chi connectivity index (χ1n) is 3.09. The van der Waals surface area contributed by atoms with Gasteiger partial charge in [0.05, 0.1) is 6.61 Å². The maximum Gasteiger partial charge on any atom is 0.0944 e. The number of rotatable bonds is 2. The number of hydrogen-bond acceptors (Lipinski definition) is 3. The lowest BCUT2D eigenvalue weighted by Crippen LogP contribution is -1.99. The Labute approximate surface area is 69.8 Å². The molecule has 1 aromatic carbocycles. The normalized spacial score (nSPS) is 10.0. The van der Waals surface area contributed by atoms with Crippen LogP contribution in [0.2, 0.25) is 5.02 Å². The first-order chi connectivity index (χ1) is 5.24. The largest absolute Gasteiger partial charge is 0.399 e. The SMILES string of the molecule is NOCc1ccc(N)cc1Cl. The van der Waals surface area contributed by atoms with E-state index in [1.807, 2.05) is 0 Å². The summed E-state index contributed by atoms with van der Waals surface area (Å²) >= 11 is 5.79. The lowest BCUT2D eigenvalue weighted by Gasteiger charge is -2.02. The predicted octanol–water partition coefficient (Wildman–Crippen LogP) is 1.31. The third-order valence-electron chi connectivity index (χ3n) is 1.32.